The molecule has 0 saturated carbocycles. The largest absolute Gasteiger partial charge is 0.490 e. The number of anilines is 1. The van der Waals surface area contributed by atoms with Crippen molar-refractivity contribution >= 4 is 5.69 Å². The van der Waals surface area contributed by atoms with Gasteiger partial charge in [0.15, 0.2) is 11.6 Å². The molecule has 2 rings (SSSR count). The lowest BCUT2D eigenvalue weighted by Gasteiger charge is -2.07. The highest BCUT2D eigenvalue weighted by Gasteiger charge is 2.03. The van der Waals surface area contributed by atoms with Gasteiger partial charge in [-0.2, -0.15) is 0 Å². The van der Waals surface area contributed by atoms with E-state index in [1.54, 1.807) is 18.5 Å². The van der Waals surface area contributed by atoms with Gasteiger partial charge in [0.25, 0.3) is 0 Å². The molecule has 0 aliphatic carbocycles. The number of aromatic nitrogens is 1. The number of benzene rings is 1. The number of hydrogen-bond donors (Lipinski definition) is 1. The fourth-order valence-electron chi connectivity index (χ4n) is 1.46. The molecule has 0 unspecified atom stereocenters. The summed E-state index contributed by atoms with van der Waals surface area (Å²) in [6.07, 6.45) is 4.17. The Kier molecular flexibility index (Phi) is 3.55. The van der Waals surface area contributed by atoms with Gasteiger partial charge in [0.2, 0.25) is 0 Å². The van der Waals surface area contributed by atoms with Crippen molar-refractivity contribution in [1.29, 1.82) is 0 Å². The summed E-state index contributed by atoms with van der Waals surface area (Å²) in [7, 11) is 0. The lowest BCUT2D eigenvalue weighted by molar-refractivity contribution is 0.305. The summed E-state index contributed by atoms with van der Waals surface area (Å²) in [5.41, 5.74) is 6.89. The molecule has 1 aromatic heterocycles. The molecule has 0 bridgehead atoms. The van der Waals surface area contributed by atoms with Crippen molar-refractivity contribution in [2.45, 2.75) is 6.42 Å². The molecule has 4 heteroatoms. The summed E-state index contributed by atoms with van der Waals surface area (Å²) in [5.74, 6) is -0.209. The Morgan fingerprint density at radius 3 is 2.88 bits per heavy atom. The Hall–Kier alpha value is -2.10. The van der Waals surface area contributed by atoms with E-state index >= 15 is 0 Å². The summed E-state index contributed by atoms with van der Waals surface area (Å²) in [6.45, 7) is 0.409. The van der Waals surface area contributed by atoms with E-state index in [0.717, 1.165) is 5.56 Å². The van der Waals surface area contributed by atoms with Crippen LogP contribution in [0.25, 0.3) is 0 Å². The molecule has 2 aromatic rings. The number of ether oxygens (including phenoxy) is 1. The highest BCUT2D eigenvalue weighted by molar-refractivity contribution is 5.42. The Balaban J connectivity index is 1.90. The Morgan fingerprint density at radius 1 is 1.29 bits per heavy atom. The van der Waals surface area contributed by atoms with Crippen molar-refractivity contribution in [3.63, 3.8) is 0 Å². The minimum atomic E-state index is -0.434. The van der Waals surface area contributed by atoms with Crippen LogP contribution in [0.1, 0.15) is 5.56 Å². The molecule has 1 heterocycles. The van der Waals surface area contributed by atoms with Crippen LogP contribution in [0, 0.1) is 5.82 Å². The van der Waals surface area contributed by atoms with Crippen molar-refractivity contribution in [3.05, 3.63) is 54.1 Å². The first-order chi connectivity index (χ1) is 8.25. The van der Waals surface area contributed by atoms with E-state index < -0.39 is 5.82 Å². The molecule has 0 amide bonds. The first kappa shape index (κ1) is 11.4. The van der Waals surface area contributed by atoms with Gasteiger partial charge in [-0.15, -0.1) is 0 Å². The van der Waals surface area contributed by atoms with Crippen molar-refractivity contribution in [2.24, 2.45) is 0 Å². The molecule has 0 aliphatic rings. The van der Waals surface area contributed by atoms with Crippen LogP contribution in [-0.4, -0.2) is 11.6 Å². The predicted octanol–water partition coefficient (Wildman–Crippen LogP) is 2.42. The Labute approximate surface area is 99.1 Å². The van der Waals surface area contributed by atoms with E-state index in [1.165, 1.54) is 12.1 Å². The smallest absolute Gasteiger partial charge is 0.167 e. The van der Waals surface area contributed by atoms with Gasteiger partial charge >= 0.3 is 0 Å². The zero-order valence-corrected chi connectivity index (χ0v) is 9.27. The predicted molar refractivity (Wildman–Crippen MR) is 64.2 cm³/mol. The third-order valence-electron chi connectivity index (χ3n) is 2.33. The second kappa shape index (κ2) is 5.30. The summed E-state index contributed by atoms with van der Waals surface area (Å²) in [4.78, 5) is 3.99. The average Bonchev–Trinajstić information content (AvgIpc) is 2.33. The lowest BCUT2D eigenvalue weighted by atomic mass is 10.2. The molecule has 0 saturated heterocycles. The number of hydrogen-bond acceptors (Lipinski definition) is 3. The third kappa shape index (κ3) is 3.17. The number of nitrogen functional groups attached to an aromatic ring is 1. The van der Waals surface area contributed by atoms with Crippen molar-refractivity contribution in [3.8, 4) is 5.75 Å². The molecule has 17 heavy (non-hydrogen) atoms. The zero-order valence-electron chi connectivity index (χ0n) is 9.27. The minimum Gasteiger partial charge on any atom is -0.490 e. The maximum atomic E-state index is 13.4. The number of rotatable bonds is 4. The van der Waals surface area contributed by atoms with Crippen LogP contribution in [0.3, 0.4) is 0 Å². The van der Waals surface area contributed by atoms with Crippen LogP contribution < -0.4 is 10.5 Å². The molecule has 0 spiro atoms. The lowest BCUT2D eigenvalue weighted by Crippen LogP contribution is -2.03. The van der Waals surface area contributed by atoms with Crippen LogP contribution in [-0.2, 0) is 6.42 Å². The normalized spacial score (nSPS) is 10.2. The van der Waals surface area contributed by atoms with E-state index in [4.69, 9.17) is 10.5 Å². The molecule has 3 nitrogen and oxygen atoms in total. The molecule has 0 radical (unpaired) electrons. The highest BCUT2D eigenvalue weighted by atomic mass is 19.1. The zero-order chi connectivity index (χ0) is 12.1. The van der Waals surface area contributed by atoms with Gasteiger partial charge in [-0.25, -0.2) is 4.39 Å². The van der Waals surface area contributed by atoms with Crippen LogP contribution in [0.5, 0.6) is 5.75 Å². The molecule has 2 N–H and O–H groups in total. The molecule has 1 aromatic carbocycles. The first-order valence-electron chi connectivity index (χ1n) is 5.32. The Morgan fingerprint density at radius 2 is 2.18 bits per heavy atom. The first-order valence-corrected chi connectivity index (χ1v) is 5.32. The average molecular weight is 232 g/mol. The molecular formula is C13H13FN2O. The van der Waals surface area contributed by atoms with Gasteiger partial charge in [-0.05, 0) is 23.8 Å². The fourth-order valence-corrected chi connectivity index (χ4v) is 1.46. The molecule has 88 valence electrons. The van der Waals surface area contributed by atoms with E-state index in [1.807, 2.05) is 12.1 Å². The van der Waals surface area contributed by atoms with Gasteiger partial charge in [0.05, 0.1) is 6.61 Å². The monoisotopic (exact) mass is 232 g/mol. The maximum absolute atomic E-state index is 13.4. The topological polar surface area (TPSA) is 48.1 Å². The van der Waals surface area contributed by atoms with Crippen LogP contribution in [0.15, 0.2) is 42.7 Å². The van der Waals surface area contributed by atoms with E-state index in [2.05, 4.69) is 4.98 Å². The quantitative estimate of drug-likeness (QED) is 0.823. The highest BCUT2D eigenvalue weighted by Crippen LogP contribution is 2.19. The van der Waals surface area contributed by atoms with Crippen molar-refractivity contribution in [1.82, 2.24) is 4.98 Å². The molecule has 0 aliphatic heterocycles. The van der Waals surface area contributed by atoms with E-state index in [9.17, 15) is 4.39 Å². The van der Waals surface area contributed by atoms with Gasteiger partial charge in [-0.1, -0.05) is 6.07 Å². The molecular weight excluding hydrogens is 219 g/mol. The summed E-state index contributed by atoms with van der Waals surface area (Å²) >= 11 is 0. The summed E-state index contributed by atoms with van der Waals surface area (Å²) in [6, 6.07) is 8.21. The van der Waals surface area contributed by atoms with E-state index in [0.29, 0.717) is 18.7 Å². The summed E-state index contributed by atoms with van der Waals surface area (Å²) < 4.78 is 18.7. The number of nitrogens with two attached hydrogens (primary N) is 1. The number of nitrogens with zero attached hydrogens (tertiary/aromatic N) is 1. The van der Waals surface area contributed by atoms with Gasteiger partial charge in [-0.3, -0.25) is 4.98 Å². The number of halogens is 1. The van der Waals surface area contributed by atoms with Crippen LogP contribution in [0.2, 0.25) is 0 Å². The fraction of sp³-hybridized carbons (Fsp3) is 0.154. The molecule has 0 atom stereocenters. The minimum absolute atomic E-state index is 0.225. The van der Waals surface area contributed by atoms with Gasteiger partial charge in [0.1, 0.15) is 0 Å². The number of pyridine rings is 1. The standard InChI is InChI=1S/C13H13FN2O/c14-12-8-11(15)3-4-13(12)17-7-5-10-2-1-6-16-9-10/h1-4,6,8-9H,5,7,15H2. The maximum Gasteiger partial charge on any atom is 0.167 e. The SMILES string of the molecule is Nc1ccc(OCCc2cccnc2)c(F)c1. The molecule has 0 fully saturated rings. The van der Waals surface area contributed by atoms with Crippen molar-refractivity contribution < 1.29 is 9.13 Å². The van der Waals surface area contributed by atoms with Crippen LogP contribution >= 0.6 is 0 Å². The van der Waals surface area contributed by atoms with Crippen LogP contribution in [0.4, 0.5) is 10.1 Å². The Bertz CT molecular complexity index is 488. The van der Waals surface area contributed by atoms with Gasteiger partial charge < -0.3 is 10.5 Å². The van der Waals surface area contributed by atoms with E-state index in [-0.39, 0.29) is 5.75 Å². The van der Waals surface area contributed by atoms with Crippen molar-refractivity contribution in [2.75, 3.05) is 12.3 Å². The summed E-state index contributed by atoms with van der Waals surface area (Å²) in [5, 5.41) is 0. The second-order valence-electron chi connectivity index (χ2n) is 3.65. The third-order valence-corrected chi connectivity index (χ3v) is 2.33. The van der Waals surface area contributed by atoms with Gasteiger partial charge in [0, 0.05) is 30.6 Å². The second-order valence-corrected chi connectivity index (χ2v) is 3.65.